The van der Waals surface area contributed by atoms with Crippen LogP contribution in [0.25, 0.3) is 61.4 Å². The average Bonchev–Trinajstić information content (AvgIpc) is 4.03. The van der Waals surface area contributed by atoms with Crippen LogP contribution in [0, 0.1) is 23.3 Å². The van der Waals surface area contributed by atoms with E-state index in [0.717, 1.165) is 85.4 Å². The summed E-state index contributed by atoms with van der Waals surface area (Å²) >= 11 is 1.80. The summed E-state index contributed by atoms with van der Waals surface area (Å²) in [7, 11) is 0. The molecule has 0 fully saturated rings. The largest absolute Gasteiger partial charge is 0.301 e. The van der Waals surface area contributed by atoms with E-state index in [1.54, 1.807) is 11.3 Å². The van der Waals surface area contributed by atoms with Crippen LogP contribution >= 0.6 is 11.3 Å². The molecule has 0 amide bonds. The van der Waals surface area contributed by atoms with Gasteiger partial charge in [-0.25, -0.2) is 17.6 Å². The Hall–Kier alpha value is -6.06. The lowest BCUT2D eigenvalue weighted by Gasteiger charge is -2.26. The minimum absolute atomic E-state index is 0.0123. The van der Waals surface area contributed by atoms with Gasteiger partial charge in [0.2, 0.25) is 0 Å². The fraction of sp³-hybridized carbons (Fsp3) is 0.298. The molecule has 3 aromatic heterocycles. The second-order valence-electron chi connectivity index (χ2n) is 19.7. The quantitative estimate of drug-likeness (QED) is 0.0909. The minimum Gasteiger partial charge on any atom is -0.207 e. The van der Waals surface area contributed by atoms with Crippen LogP contribution < -0.4 is 9.13 Å². The molecule has 0 radical (unpaired) electrons. The first-order valence-electron chi connectivity index (χ1n) is 23.1. The van der Waals surface area contributed by atoms with E-state index < -0.39 is 29.4 Å². The van der Waals surface area contributed by atoms with Gasteiger partial charge in [-0.3, -0.25) is 0 Å². The van der Waals surface area contributed by atoms with Gasteiger partial charge in [-0.2, -0.15) is 18.3 Å². The van der Waals surface area contributed by atoms with Crippen LogP contribution in [0.1, 0.15) is 138 Å². The van der Waals surface area contributed by atoms with Gasteiger partial charge >= 0.3 is 11.6 Å². The van der Waals surface area contributed by atoms with Crippen molar-refractivity contribution in [2.75, 3.05) is 0 Å². The number of halogens is 4. The maximum Gasteiger partial charge on any atom is 0.301 e. The number of aryl methyl sites for hydroxylation is 1. The number of hydrogen-bond donors (Lipinski definition) is 0. The van der Waals surface area contributed by atoms with Crippen molar-refractivity contribution >= 4 is 27.5 Å². The zero-order valence-corrected chi connectivity index (χ0v) is 40.3. The highest BCUT2D eigenvalue weighted by Gasteiger charge is 2.48. The van der Waals surface area contributed by atoms with Gasteiger partial charge in [-0.15, -0.1) is 11.3 Å². The van der Waals surface area contributed by atoms with Gasteiger partial charge in [-0.05, 0) is 82.7 Å². The van der Waals surface area contributed by atoms with E-state index >= 15 is 13.2 Å². The summed E-state index contributed by atoms with van der Waals surface area (Å²) in [6, 6.07) is 23.0. The molecule has 1 atom stereocenters. The fourth-order valence-electron chi connectivity index (χ4n) is 10.2. The van der Waals surface area contributed by atoms with Crippen molar-refractivity contribution < 1.29 is 26.7 Å². The normalized spacial score (nSPS) is 13.7. The summed E-state index contributed by atoms with van der Waals surface area (Å²) in [6.45, 7) is 26.0. The molecule has 0 saturated heterocycles. The lowest BCUT2D eigenvalue weighted by Crippen LogP contribution is -2.56. The van der Waals surface area contributed by atoms with Crippen molar-refractivity contribution in [1.29, 1.82) is 0 Å². The molecule has 9 heteroatoms. The standard InChI is InChI=1S/C57H58F4N4S/c1-12-17-47-39(13-2)51-48(66-47)31-44(57(9,10)11)53(49(51)34(7)8)63-23-24-64(54(63)40-21-20-37(58)29-45(40)60)55-43-28-38(59)30-46(61)50(43)56-62(22-25-65(55)56)52-41(32(3)4)26-36(27-42(52)33(5)6)35-18-15-14-16-19-35/h13-16,18-34,55H,2,12,17H2,1,3-11H3/q+2/t55-/m0/s1. The van der Waals surface area contributed by atoms with Gasteiger partial charge in [0.15, 0.2) is 0 Å². The molecule has 4 nitrogen and oxygen atoms in total. The number of imidazole rings is 2. The highest BCUT2D eigenvalue weighted by atomic mass is 32.1. The topological polar surface area (TPSA) is 17.6 Å². The highest BCUT2D eigenvalue weighted by Crippen LogP contribution is 2.47. The molecule has 0 aliphatic carbocycles. The Kier molecular flexibility index (Phi) is 11.6. The monoisotopic (exact) mass is 906 g/mol. The third-order valence-electron chi connectivity index (χ3n) is 13.2. The molecule has 0 bridgehead atoms. The first-order valence-corrected chi connectivity index (χ1v) is 24.0. The molecule has 0 N–H and O–H groups in total. The number of hydrogen-bond acceptors (Lipinski definition) is 1. The maximum atomic E-state index is 16.9. The summed E-state index contributed by atoms with van der Waals surface area (Å²) in [5.41, 5.74) is 9.83. The third kappa shape index (κ3) is 7.34. The zero-order chi connectivity index (χ0) is 47.1. The smallest absolute Gasteiger partial charge is 0.207 e. The molecular weight excluding hydrogens is 849 g/mol. The van der Waals surface area contributed by atoms with Gasteiger partial charge < -0.3 is 0 Å². The molecule has 4 heterocycles. The van der Waals surface area contributed by atoms with Gasteiger partial charge in [0.05, 0.1) is 5.56 Å². The Morgan fingerprint density at radius 2 is 1.33 bits per heavy atom. The Bertz CT molecular complexity index is 3170. The predicted octanol–water partition coefficient (Wildman–Crippen LogP) is 15.3. The molecule has 0 saturated carbocycles. The first kappa shape index (κ1) is 45.1. The summed E-state index contributed by atoms with van der Waals surface area (Å²) in [5, 5.41) is 1.12. The van der Waals surface area contributed by atoms with E-state index in [0.29, 0.717) is 17.2 Å². The van der Waals surface area contributed by atoms with Crippen molar-refractivity contribution in [3.63, 3.8) is 0 Å². The van der Waals surface area contributed by atoms with E-state index in [4.69, 9.17) is 0 Å². The van der Waals surface area contributed by atoms with E-state index in [1.165, 1.54) is 23.1 Å². The minimum atomic E-state index is -0.874. The second kappa shape index (κ2) is 17.0. The van der Waals surface area contributed by atoms with Crippen molar-refractivity contribution in [3.05, 3.63) is 172 Å². The van der Waals surface area contributed by atoms with Gasteiger partial charge in [0.1, 0.15) is 70.6 Å². The molecule has 1 aliphatic rings. The van der Waals surface area contributed by atoms with Gasteiger partial charge in [0, 0.05) is 49.3 Å². The molecule has 9 rings (SSSR count). The molecule has 338 valence electrons. The average molecular weight is 907 g/mol. The maximum absolute atomic E-state index is 16.9. The van der Waals surface area contributed by atoms with Crippen LogP contribution in [0.3, 0.4) is 0 Å². The first-order chi connectivity index (χ1) is 31.4. The summed E-state index contributed by atoms with van der Waals surface area (Å²) in [6.07, 6.45) is 10.6. The lowest BCUT2D eigenvalue weighted by molar-refractivity contribution is -0.920. The summed E-state index contributed by atoms with van der Waals surface area (Å²) < 4.78 is 73.5. The number of thiophene rings is 1. The van der Waals surface area contributed by atoms with Crippen LogP contribution in [0.15, 0.2) is 110 Å². The van der Waals surface area contributed by atoms with E-state index in [9.17, 15) is 4.39 Å². The number of fused-ring (bicyclic) bond motifs is 4. The van der Waals surface area contributed by atoms with E-state index in [1.807, 2.05) is 62.8 Å². The van der Waals surface area contributed by atoms with E-state index in [-0.39, 0.29) is 34.3 Å². The Morgan fingerprint density at radius 3 is 1.91 bits per heavy atom. The van der Waals surface area contributed by atoms with Crippen molar-refractivity contribution in [2.45, 2.75) is 111 Å². The molecular formula is C57H58F4N4S+2. The molecule has 0 unspecified atom stereocenters. The Labute approximate surface area is 390 Å². The lowest BCUT2D eigenvalue weighted by atomic mass is 9.81. The van der Waals surface area contributed by atoms with Gasteiger partial charge in [-0.1, -0.05) is 119 Å². The summed E-state index contributed by atoms with van der Waals surface area (Å²) in [5.74, 6) is -1.77. The molecule has 8 aromatic rings. The van der Waals surface area contributed by atoms with Crippen LogP contribution in [0.5, 0.6) is 0 Å². The van der Waals surface area contributed by atoms with Gasteiger partial charge in [0.25, 0.3) is 6.17 Å². The van der Waals surface area contributed by atoms with Crippen LogP contribution in [0.4, 0.5) is 17.6 Å². The molecule has 66 heavy (non-hydrogen) atoms. The third-order valence-corrected chi connectivity index (χ3v) is 14.4. The van der Waals surface area contributed by atoms with Crippen molar-refractivity contribution in [3.8, 4) is 45.3 Å². The molecule has 5 aromatic carbocycles. The number of nitrogens with zero attached hydrogens (tertiary/aromatic N) is 4. The SMILES string of the molecule is C=Cc1c(CCC)sc2cc(C(C)(C)C)c(-n3cc[n+]([C@@H]4c5cc(F)cc(F)c5-c5n(-c6c(C(C)C)cc(-c7ccccc7)cc6C(C)C)cc[n+]54)c3-c3ccc(F)cc3F)c(C(C)C)c12. The number of rotatable bonds is 11. The number of benzene rings is 5. The fourth-order valence-corrected chi connectivity index (χ4v) is 11.6. The Balaban J connectivity index is 1.38. The predicted molar refractivity (Wildman–Crippen MR) is 262 cm³/mol. The van der Waals surface area contributed by atoms with Crippen LogP contribution in [-0.4, -0.2) is 9.13 Å². The molecule has 1 aliphatic heterocycles. The van der Waals surface area contributed by atoms with Crippen LogP contribution in [0.2, 0.25) is 0 Å². The number of aromatic nitrogens is 4. The highest BCUT2D eigenvalue weighted by molar-refractivity contribution is 7.19. The molecule has 0 spiro atoms. The zero-order valence-electron chi connectivity index (χ0n) is 39.5. The van der Waals surface area contributed by atoms with Crippen molar-refractivity contribution in [2.24, 2.45) is 0 Å². The van der Waals surface area contributed by atoms with Crippen LogP contribution in [-0.2, 0) is 11.8 Å². The Morgan fingerprint density at radius 1 is 0.712 bits per heavy atom. The second-order valence-corrected chi connectivity index (χ2v) is 20.8. The van der Waals surface area contributed by atoms with Crippen molar-refractivity contribution in [1.82, 2.24) is 9.13 Å². The summed E-state index contributed by atoms with van der Waals surface area (Å²) in [4.78, 5) is 1.27. The van der Waals surface area contributed by atoms with E-state index in [2.05, 4.69) is 111 Å².